The summed E-state index contributed by atoms with van der Waals surface area (Å²) in [6.07, 6.45) is 0. The van der Waals surface area contributed by atoms with Crippen molar-refractivity contribution in [3.8, 4) is 5.75 Å². The molecule has 116 valence electrons. The lowest BCUT2D eigenvalue weighted by Gasteiger charge is -2.36. The molecule has 0 bridgehead atoms. The molecule has 0 saturated carbocycles. The number of fused-ring (bicyclic) bond motifs is 1. The molecule has 2 heterocycles. The van der Waals surface area contributed by atoms with E-state index >= 15 is 0 Å². The fourth-order valence-electron chi connectivity index (χ4n) is 3.28. The Morgan fingerprint density at radius 1 is 1.29 bits per heavy atom. The SMILES string of the molecule is CC(CN1CCOCC1)NC1c2ccccc2OCC1C. The summed E-state index contributed by atoms with van der Waals surface area (Å²) in [6, 6.07) is 9.24. The van der Waals surface area contributed by atoms with Crippen LogP contribution >= 0.6 is 0 Å². The second kappa shape index (κ2) is 6.77. The minimum atomic E-state index is 0.381. The molecule has 0 radical (unpaired) electrons. The van der Waals surface area contributed by atoms with Gasteiger partial charge < -0.3 is 14.8 Å². The van der Waals surface area contributed by atoms with Gasteiger partial charge in [-0.05, 0) is 13.0 Å². The van der Waals surface area contributed by atoms with Crippen LogP contribution in [0.5, 0.6) is 5.75 Å². The highest BCUT2D eigenvalue weighted by Gasteiger charge is 2.29. The smallest absolute Gasteiger partial charge is 0.124 e. The van der Waals surface area contributed by atoms with Crippen LogP contribution in [-0.4, -0.2) is 50.4 Å². The molecule has 4 nitrogen and oxygen atoms in total. The number of nitrogens with one attached hydrogen (secondary N) is 1. The van der Waals surface area contributed by atoms with Crippen molar-refractivity contribution in [3.63, 3.8) is 0 Å². The standard InChI is InChI=1S/C17H26N2O2/c1-13-12-21-16-6-4-3-5-15(16)17(13)18-14(2)11-19-7-9-20-10-8-19/h3-6,13-14,17-18H,7-12H2,1-2H3. The first-order valence-corrected chi connectivity index (χ1v) is 8.02. The fourth-order valence-corrected chi connectivity index (χ4v) is 3.28. The Bertz CT molecular complexity index is 460. The van der Waals surface area contributed by atoms with Crippen molar-refractivity contribution < 1.29 is 9.47 Å². The van der Waals surface area contributed by atoms with Gasteiger partial charge in [0.05, 0.1) is 19.8 Å². The fraction of sp³-hybridized carbons (Fsp3) is 0.647. The van der Waals surface area contributed by atoms with Gasteiger partial charge in [-0.15, -0.1) is 0 Å². The summed E-state index contributed by atoms with van der Waals surface area (Å²) in [6.45, 7) is 10.2. The number of para-hydroxylation sites is 1. The molecule has 3 rings (SSSR count). The number of hydrogen-bond donors (Lipinski definition) is 1. The molecule has 0 aromatic heterocycles. The highest BCUT2D eigenvalue weighted by atomic mass is 16.5. The van der Waals surface area contributed by atoms with E-state index in [0.29, 0.717) is 18.0 Å². The van der Waals surface area contributed by atoms with Crippen LogP contribution in [0, 0.1) is 5.92 Å². The number of hydrogen-bond acceptors (Lipinski definition) is 4. The quantitative estimate of drug-likeness (QED) is 0.920. The van der Waals surface area contributed by atoms with Crippen molar-refractivity contribution in [2.24, 2.45) is 5.92 Å². The van der Waals surface area contributed by atoms with Crippen molar-refractivity contribution >= 4 is 0 Å². The first-order chi connectivity index (χ1) is 10.2. The minimum absolute atomic E-state index is 0.381. The predicted octanol–water partition coefficient (Wildman–Crippen LogP) is 2.07. The van der Waals surface area contributed by atoms with E-state index in [4.69, 9.17) is 9.47 Å². The van der Waals surface area contributed by atoms with Crippen LogP contribution in [-0.2, 0) is 4.74 Å². The summed E-state index contributed by atoms with van der Waals surface area (Å²) in [5.41, 5.74) is 1.30. The lowest BCUT2D eigenvalue weighted by Crippen LogP contribution is -2.47. The molecule has 1 aromatic rings. The first-order valence-electron chi connectivity index (χ1n) is 8.02. The van der Waals surface area contributed by atoms with Crippen LogP contribution in [0.3, 0.4) is 0 Å². The molecule has 3 unspecified atom stereocenters. The maximum absolute atomic E-state index is 5.83. The van der Waals surface area contributed by atoms with Gasteiger partial charge in [-0.25, -0.2) is 0 Å². The number of rotatable bonds is 4. The second-order valence-corrected chi connectivity index (χ2v) is 6.28. The van der Waals surface area contributed by atoms with Crippen molar-refractivity contribution in [2.75, 3.05) is 39.5 Å². The average Bonchev–Trinajstić information content (AvgIpc) is 2.51. The highest BCUT2D eigenvalue weighted by Crippen LogP contribution is 2.35. The van der Waals surface area contributed by atoms with Crippen molar-refractivity contribution in [1.82, 2.24) is 10.2 Å². The molecule has 0 spiro atoms. The topological polar surface area (TPSA) is 33.7 Å². The Labute approximate surface area is 127 Å². The molecule has 4 heteroatoms. The van der Waals surface area contributed by atoms with Gasteiger partial charge >= 0.3 is 0 Å². The van der Waals surface area contributed by atoms with Crippen LogP contribution in [0.2, 0.25) is 0 Å². The van der Waals surface area contributed by atoms with E-state index in [-0.39, 0.29) is 0 Å². The van der Waals surface area contributed by atoms with E-state index in [1.807, 2.05) is 6.07 Å². The molecule has 3 atom stereocenters. The third kappa shape index (κ3) is 3.57. The Morgan fingerprint density at radius 2 is 2.05 bits per heavy atom. The summed E-state index contributed by atoms with van der Waals surface area (Å²) < 4.78 is 11.2. The van der Waals surface area contributed by atoms with E-state index < -0.39 is 0 Å². The van der Waals surface area contributed by atoms with Gasteiger partial charge in [-0.3, -0.25) is 4.90 Å². The van der Waals surface area contributed by atoms with Crippen LogP contribution in [0.25, 0.3) is 0 Å². The maximum atomic E-state index is 5.83. The summed E-state index contributed by atoms with van der Waals surface area (Å²) >= 11 is 0. The Hall–Kier alpha value is -1.10. The largest absolute Gasteiger partial charge is 0.493 e. The van der Waals surface area contributed by atoms with Gasteiger partial charge in [0.25, 0.3) is 0 Å². The van der Waals surface area contributed by atoms with Gasteiger partial charge in [-0.1, -0.05) is 25.1 Å². The normalized spacial score (nSPS) is 27.7. The molecule has 0 aliphatic carbocycles. The van der Waals surface area contributed by atoms with Gasteiger partial charge in [0.1, 0.15) is 5.75 Å². The first kappa shape index (κ1) is 14.8. The van der Waals surface area contributed by atoms with E-state index in [2.05, 4.69) is 42.3 Å². The van der Waals surface area contributed by atoms with Crippen LogP contribution in [0.4, 0.5) is 0 Å². The molecule has 1 saturated heterocycles. The number of nitrogens with zero attached hydrogens (tertiary/aromatic N) is 1. The van der Waals surface area contributed by atoms with E-state index in [0.717, 1.165) is 45.2 Å². The summed E-state index contributed by atoms with van der Waals surface area (Å²) in [7, 11) is 0. The molecule has 0 amide bonds. The molecular formula is C17H26N2O2. The number of benzene rings is 1. The lowest BCUT2D eigenvalue weighted by molar-refractivity contribution is 0.0329. The van der Waals surface area contributed by atoms with Gasteiger partial charge in [-0.2, -0.15) is 0 Å². The van der Waals surface area contributed by atoms with E-state index in [1.165, 1.54) is 5.56 Å². The Morgan fingerprint density at radius 3 is 2.86 bits per heavy atom. The second-order valence-electron chi connectivity index (χ2n) is 6.28. The van der Waals surface area contributed by atoms with Crippen LogP contribution in [0.1, 0.15) is 25.5 Å². The van der Waals surface area contributed by atoms with Crippen molar-refractivity contribution in [2.45, 2.75) is 25.9 Å². The predicted molar refractivity (Wildman–Crippen MR) is 83.7 cm³/mol. The molecule has 1 N–H and O–H groups in total. The number of morpholine rings is 1. The summed E-state index contributed by atoms with van der Waals surface area (Å²) in [4.78, 5) is 2.48. The zero-order valence-electron chi connectivity index (χ0n) is 13.0. The summed E-state index contributed by atoms with van der Waals surface area (Å²) in [5.74, 6) is 1.53. The summed E-state index contributed by atoms with van der Waals surface area (Å²) in [5, 5.41) is 3.81. The van der Waals surface area contributed by atoms with Crippen molar-refractivity contribution in [3.05, 3.63) is 29.8 Å². The molecule has 1 fully saturated rings. The van der Waals surface area contributed by atoms with Gasteiger partial charge in [0, 0.05) is 43.2 Å². The lowest BCUT2D eigenvalue weighted by atomic mass is 9.91. The third-order valence-electron chi connectivity index (χ3n) is 4.42. The molecule has 1 aromatic carbocycles. The molecule has 21 heavy (non-hydrogen) atoms. The zero-order chi connectivity index (χ0) is 14.7. The van der Waals surface area contributed by atoms with Crippen LogP contribution in [0.15, 0.2) is 24.3 Å². The minimum Gasteiger partial charge on any atom is -0.493 e. The monoisotopic (exact) mass is 290 g/mol. The zero-order valence-corrected chi connectivity index (χ0v) is 13.0. The van der Waals surface area contributed by atoms with Crippen molar-refractivity contribution in [1.29, 1.82) is 0 Å². The van der Waals surface area contributed by atoms with Crippen LogP contribution < -0.4 is 10.1 Å². The molecule has 2 aliphatic rings. The molecule has 2 aliphatic heterocycles. The van der Waals surface area contributed by atoms with E-state index in [1.54, 1.807) is 0 Å². The number of ether oxygens (including phenoxy) is 2. The average molecular weight is 290 g/mol. The molecular weight excluding hydrogens is 264 g/mol. The Kier molecular flexibility index (Phi) is 4.78. The maximum Gasteiger partial charge on any atom is 0.124 e. The van der Waals surface area contributed by atoms with Gasteiger partial charge in [0.2, 0.25) is 0 Å². The Balaban J connectivity index is 1.63. The van der Waals surface area contributed by atoms with Gasteiger partial charge in [0.15, 0.2) is 0 Å². The van der Waals surface area contributed by atoms with E-state index in [9.17, 15) is 0 Å². The highest BCUT2D eigenvalue weighted by molar-refractivity contribution is 5.38. The third-order valence-corrected chi connectivity index (χ3v) is 4.42.